The molecule has 0 saturated heterocycles. The Bertz CT molecular complexity index is 561. The van der Waals surface area contributed by atoms with Crippen LogP contribution >= 0.6 is 11.8 Å². The fourth-order valence-electron chi connectivity index (χ4n) is 2.03. The molecule has 2 heterocycles. The van der Waals surface area contributed by atoms with Crippen molar-refractivity contribution in [1.29, 1.82) is 0 Å². The molecular weight excluding hydrogens is 288 g/mol. The molecule has 8 nitrogen and oxygen atoms in total. The number of hydrogen-bond acceptors (Lipinski definition) is 7. The SMILES string of the molecule is CCCn1ncnc1CSc1nnnn1CCNC1CC1. The van der Waals surface area contributed by atoms with Gasteiger partial charge in [0.15, 0.2) is 0 Å². The lowest BCUT2D eigenvalue weighted by atomic mass is 10.5. The van der Waals surface area contributed by atoms with Gasteiger partial charge in [-0.15, -0.1) is 5.10 Å². The highest BCUT2D eigenvalue weighted by Crippen LogP contribution is 2.20. The van der Waals surface area contributed by atoms with Crippen LogP contribution in [-0.4, -0.2) is 47.6 Å². The Hall–Kier alpha value is -1.48. The molecule has 0 aliphatic heterocycles. The summed E-state index contributed by atoms with van der Waals surface area (Å²) in [5.41, 5.74) is 0. The highest BCUT2D eigenvalue weighted by molar-refractivity contribution is 7.98. The van der Waals surface area contributed by atoms with E-state index in [1.807, 2.05) is 9.36 Å². The van der Waals surface area contributed by atoms with Gasteiger partial charge in [-0.3, -0.25) is 0 Å². The average molecular weight is 308 g/mol. The standard InChI is InChI=1S/C12H20N8S/c1-2-6-19-11(14-9-15-19)8-21-12-16-17-18-20(12)7-5-13-10-3-4-10/h9-10,13H,2-8H2,1H3. The number of rotatable bonds is 9. The van der Waals surface area contributed by atoms with Crippen molar-refractivity contribution in [3.8, 4) is 0 Å². The molecule has 21 heavy (non-hydrogen) atoms. The molecule has 0 unspecified atom stereocenters. The first-order chi connectivity index (χ1) is 10.4. The van der Waals surface area contributed by atoms with Crippen molar-refractivity contribution in [3.05, 3.63) is 12.2 Å². The van der Waals surface area contributed by atoms with Crippen molar-refractivity contribution >= 4 is 11.8 Å². The molecule has 1 aliphatic rings. The van der Waals surface area contributed by atoms with E-state index in [0.29, 0.717) is 6.04 Å². The molecule has 9 heteroatoms. The van der Waals surface area contributed by atoms with Crippen molar-refractivity contribution in [2.45, 2.75) is 56.2 Å². The quantitative estimate of drug-likeness (QED) is 0.683. The van der Waals surface area contributed by atoms with Crippen LogP contribution in [0.1, 0.15) is 32.0 Å². The van der Waals surface area contributed by atoms with E-state index >= 15 is 0 Å². The van der Waals surface area contributed by atoms with E-state index in [9.17, 15) is 0 Å². The monoisotopic (exact) mass is 308 g/mol. The zero-order valence-electron chi connectivity index (χ0n) is 12.1. The van der Waals surface area contributed by atoms with E-state index in [-0.39, 0.29) is 0 Å². The third kappa shape index (κ3) is 4.01. The van der Waals surface area contributed by atoms with Crippen molar-refractivity contribution in [1.82, 2.24) is 40.3 Å². The van der Waals surface area contributed by atoms with Gasteiger partial charge in [-0.1, -0.05) is 18.7 Å². The van der Waals surface area contributed by atoms with Crippen LogP contribution < -0.4 is 5.32 Å². The Morgan fingerprint density at radius 1 is 1.33 bits per heavy atom. The van der Waals surface area contributed by atoms with Crippen LogP contribution in [0.2, 0.25) is 0 Å². The van der Waals surface area contributed by atoms with Crippen LogP contribution in [0.15, 0.2) is 11.5 Å². The molecule has 1 saturated carbocycles. The smallest absolute Gasteiger partial charge is 0.209 e. The fraction of sp³-hybridized carbons (Fsp3) is 0.750. The molecule has 1 fully saturated rings. The molecule has 0 atom stereocenters. The molecule has 1 aliphatic carbocycles. The summed E-state index contributed by atoms with van der Waals surface area (Å²) < 4.78 is 3.79. The van der Waals surface area contributed by atoms with Gasteiger partial charge in [0.2, 0.25) is 5.16 Å². The van der Waals surface area contributed by atoms with Gasteiger partial charge < -0.3 is 5.32 Å². The van der Waals surface area contributed by atoms with Crippen molar-refractivity contribution in [3.63, 3.8) is 0 Å². The molecule has 0 amide bonds. The zero-order valence-corrected chi connectivity index (χ0v) is 13.0. The topological polar surface area (TPSA) is 86.3 Å². The predicted molar refractivity (Wildman–Crippen MR) is 78.7 cm³/mol. The van der Waals surface area contributed by atoms with E-state index in [4.69, 9.17) is 0 Å². The van der Waals surface area contributed by atoms with Gasteiger partial charge in [0.1, 0.15) is 12.2 Å². The maximum atomic E-state index is 4.30. The lowest BCUT2D eigenvalue weighted by Gasteiger charge is -2.06. The average Bonchev–Trinajstić information content (AvgIpc) is 3.02. The Balaban J connectivity index is 1.52. The summed E-state index contributed by atoms with van der Waals surface area (Å²) >= 11 is 1.60. The third-order valence-corrected chi connectivity index (χ3v) is 4.25. The molecule has 1 N–H and O–H groups in total. The first-order valence-corrected chi connectivity index (χ1v) is 8.34. The maximum absolute atomic E-state index is 4.30. The summed E-state index contributed by atoms with van der Waals surface area (Å²) in [6, 6.07) is 0.713. The summed E-state index contributed by atoms with van der Waals surface area (Å²) in [5, 5.41) is 20.4. The van der Waals surface area contributed by atoms with Gasteiger partial charge in [-0.25, -0.2) is 14.3 Å². The minimum absolute atomic E-state index is 0.713. The van der Waals surface area contributed by atoms with Crippen molar-refractivity contribution in [2.24, 2.45) is 0 Å². The summed E-state index contributed by atoms with van der Waals surface area (Å²) in [4.78, 5) is 4.30. The maximum Gasteiger partial charge on any atom is 0.209 e. The van der Waals surface area contributed by atoms with Crippen LogP contribution in [0, 0.1) is 0 Å². The predicted octanol–water partition coefficient (Wildman–Crippen LogP) is 0.719. The van der Waals surface area contributed by atoms with Gasteiger partial charge in [-0.2, -0.15) is 5.10 Å². The van der Waals surface area contributed by atoms with Gasteiger partial charge in [-0.05, 0) is 29.7 Å². The summed E-state index contributed by atoms with van der Waals surface area (Å²) in [6.07, 6.45) is 5.24. The van der Waals surface area contributed by atoms with Crippen LogP contribution in [0.3, 0.4) is 0 Å². The number of aromatic nitrogens is 7. The first-order valence-electron chi connectivity index (χ1n) is 7.36. The number of nitrogens with one attached hydrogen (secondary N) is 1. The Labute approximate surface area is 127 Å². The lowest BCUT2D eigenvalue weighted by Crippen LogP contribution is -2.22. The van der Waals surface area contributed by atoms with Gasteiger partial charge in [0.25, 0.3) is 0 Å². The first kappa shape index (κ1) is 14.5. The minimum Gasteiger partial charge on any atom is -0.312 e. The second-order valence-corrected chi connectivity index (χ2v) is 6.04. The number of thioether (sulfide) groups is 1. The summed E-state index contributed by atoms with van der Waals surface area (Å²) in [6.45, 7) is 4.74. The lowest BCUT2D eigenvalue weighted by molar-refractivity contribution is 0.509. The van der Waals surface area contributed by atoms with Gasteiger partial charge in [0.05, 0.1) is 12.3 Å². The molecule has 114 valence electrons. The molecule has 0 radical (unpaired) electrons. The highest BCUT2D eigenvalue weighted by Gasteiger charge is 2.20. The van der Waals surface area contributed by atoms with E-state index < -0.39 is 0 Å². The second kappa shape index (κ2) is 6.99. The normalized spacial score (nSPS) is 14.7. The molecule has 0 aromatic carbocycles. The Morgan fingerprint density at radius 2 is 2.24 bits per heavy atom. The number of nitrogens with zero attached hydrogens (tertiary/aromatic N) is 7. The van der Waals surface area contributed by atoms with Crippen LogP contribution in [0.4, 0.5) is 0 Å². The zero-order chi connectivity index (χ0) is 14.5. The van der Waals surface area contributed by atoms with Gasteiger partial charge >= 0.3 is 0 Å². The number of tetrazole rings is 1. The second-order valence-electron chi connectivity index (χ2n) is 5.10. The number of aryl methyl sites for hydroxylation is 1. The molecule has 0 spiro atoms. The highest BCUT2D eigenvalue weighted by atomic mass is 32.2. The third-order valence-electron chi connectivity index (χ3n) is 3.29. The van der Waals surface area contributed by atoms with Crippen LogP contribution in [0.5, 0.6) is 0 Å². The van der Waals surface area contributed by atoms with E-state index in [2.05, 4.69) is 37.8 Å². The Kier molecular flexibility index (Phi) is 4.81. The molecule has 2 aromatic heterocycles. The number of hydrogen-bond donors (Lipinski definition) is 1. The molecule has 2 aromatic rings. The van der Waals surface area contributed by atoms with Crippen LogP contribution in [-0.2, 0) is 18.8 Å². The van der Waals surface area contributed by atoms with E-state index in [1.165, 1.54) is 12.8 Å². The van der Waals surface area contributed by atoms with Crippen molar-refractivity contribution in [2.75, 3.05) is 6.54 Å². The van der Waals surface area contributed by atoms with E-state index in [0.717, 1.165) is 42.8 Å². The van der Waals surface area contributed by atoms with Crippen molar-refractivity contribution < 1.29 is 0 Å². The van der Waals surface area contributed by atoms with E-state index in [1.54, 1.807) is 18.1 Å². The minimum atomic E-state index is 0.713. The van der Waals surface area contributed by atoms with Gasteiger partial charge in [0, 0.05) is 19.1 Å². The summed E-state index contributed by atoms with van der Waals surface area (Å²) in [5.74, 6) is 1.70. The van der Waals surface area contributed by atoms with Crippen LogP contribution in [0.25, 0.3) is 0 Å². The molecular formula is C12H20N8S. The molecule has 3 rings (SSSR count). The largest absolute Gasteiger partial charge is 0.312 e. The Morgan fingerprint density at radius 3 is 3.05 bits per heavy atom. The summed E-state index contributed by atoms with van der Waals surface area (Å²) in [7, 11) is 0. The molecule has 0 bridgehead atoms. The fourth-order valence-corrected chi connectivity index (χ4v) is 2.88.